The highest BCUT2D eigenvalue weighted by Crippen LogP contribution is 2.29. The summed E-state index contributed by atoms with van der Waals surface area (Å²) in [4.78, 5) is 12.8. The minimum absolute atomic E-state index is 0.151. The highest BCUT2D eigenvalue weighted by molar-refractivity contribution is 7.92. The van der Waals surface area contributed by atoms with Gasteiger partial charge in [0.1, 0.15) is 5.75 Å². The predicted octanol–water partition coefficient (Wildman–Crippen LogP) is 4.50. The molecule has 7 heteroatoms. The first-order valence-electron chi connectivity index (χ1n) is 10.6. The summed E-state index contributed by atoms with van der Waals surface area (Å²) in [6, 6.07) is 12.6. The molecular formula is C23H28N2O4S. The summed E-state index contributed by atoms with van der Waals surface area (Å²) in [5, 5.41) is 2.89. The van der Waals surface area contributed by atoms with Crippen LogP contribution < -0.4 is 14.4 Å². The van der Waals surface area contributed by atoms with Crippen LogP contribution >= 0.6 is 0 Å². The molecule has 1 heterocycles. The molecule has 0 unspecified atom stereocenters. The summed E-state index contributed by atoms with van der Waals surface area (Å²) in [5.41, 5.74) is 2.53. The number of ether oxygens (including phenoxy) is 1. The van der Waals surface area contributed by atoms with Crippen LogP contribution in [0, 0.1) is 6.92 Å². The Labute approximate surface area is 178 Å². The summed E-state index contributed by atoms with van der Waals surface area (Å²) < 4.78 is 32.4. The normalized spacial score (nSPS) is 18.9. The second-order valence-electron chi connectivity index (χ2n) is 8.10. The zero-order valence-corrected chi connectivity index (χ0v) is 18.1. The monoisotopic (exact) mass is 428 g/mol. The Balaban J connectivity index is 1.47. The highest BCUT2D eigenvalue weighted by atomic mass is 32.2. The van der Waals surface area contributed by atoms with Crippen molar-refractivity contribution in [2.45, 2.75) is 51.6 Å². The van der Waals surface area contributed by atoms with Gasteiger partial charge in [-0.3, -0.25) is 9.10 Å². The van der Waals surface area contributed by atoms with E-state index in [9.17, 15) is 13.2 Å². The molecule has 2 aromatic carbocycles. The van der Waals surface area contributed by atoms with Gasteiger partial charge < -0.3 is 10.1 Å². The summed E-state index contributed by atoms with van der Waals surface area (Å²) >= 11 is 0. The SMILES string of the molecule is Cc1ccc(C(=O)Nc2ccc(OC3CCCC3)cc2)cc1N1CCCCS1(=O)=O. The van der Waals surface area contributed by atoms with E-state index in [1.54, 1.807) is 18.2 Å². The number of amides is 1. The lowest BCUT2D eigenvalue weighted by molar-refractivity contribution is 0.102. The van der Waals surface area contributed by atoms with Crippen molar-refractivity contribution in [2.24, 2.45) is 0 Å². The maximum atomic E-state index is 12.8. The molecule has 0 bridgehead atoms. The fourth-order valence-corrected chi connectivity index (χ4v) is 5.79. The van der Waals surface area contributed by atoms with E-state index in [1.165, 1.54) is 17.1 Å². The van der Waals surface area contributed by atoms with E-state index in [1.807, 2.05) is 31.2 Å². The number of nitrogens with zero attached hydrogens (tertiary/aromatic N) is 1. The Morgan fingerprint density at radius 1 is 1.03 bits per heavy atom. The van der Waals surface area contributed by atoms with Gasteiger partial charge in [-0.2, -0.15) is 0 Å². The van der Waals surface area contributed by atoms with Gasteiger partial charge in [-0.15, -0.1) is 0 Å². The fraction of sp³-hybridized carbons (Fsp3) is 0.435. The standard InChI is InChI=1S/C23H28N2O4S/c1-17-8-9-18(16-22(17)25-14-4-5-15-30(25,27)28)23(26)24-19-10-12-21(13-11-19)29-20-6-2-3-7-20/h8-13,16,20H,2-7,14-15H2,1H3,(H,24,26). The van der Waals surface area contributed by atoms with E-state index >= 15 is 0 Å². The average Bonchev–Trinajstić information content (AvgIpc) is 3.23. The van der Waals surface area contributed by atoms with Crippen molar-refractivity contribution in [1.82, 2.24) is 0 Å². The van der Waals surface area contributed by atoms with Crippen LogP contribution in [-0.2, 0) is 10.0 Å². The molecule has 1 saturated carbocycles. The number of hydrogen-bond donors (Lipinski definition) is 1. The van der Waals surface area contributed by atoms with Gasteiger partial charge in [0.2, 0.25) is 10.0 Å². The first-order valence-corrected chi connectivity index (χ1v) is 12.2. The third-order valence-electron chi connectivity index (χ3n) is 5.81. The molecule has 30 heavy (non-hydrogen) atoms. The Kier molecular flexibility index (Phi) is 5.99. The second-order valence-corrected chi connectivity index (χ2v) is 10.1. The Morgan fingerprint density at radius 2 is 1.77 bits per heavy atom. The first-order chi connectivity index (χ1) is 14.4. The van der Waals surface area contributed by atoms with Gasteiger partial charge in [0.15, 0.2) is 0 Å². The van der Waals surface area contributed by atoms with Gasteiger partial charge in [0.25, 0.3) is 5.91 Å². The lowest BCUT2D eigenvalue weighted by Crippen LogP contribution is -2.38. The molecule has 0 aromatic heterocycles. The molecule has 1 aliphatic carbocycles. The van der Waals surface area contributed by atoms with Gasteiger partial charge in [-0.1, -0.05) is 6.07 Å². The third-order valence-corrected chi connectivity index (χ3v) is 7.66. The van der Waals surface area contributed by atoms with E-state index in [2.05, 4.69) is 5.32 Å². The first kappa shape index (κ1) is 20.7. The van der Waals surface area contributed by atoms with Crippen LogP contribution in [0.25, 0.3) is 0 Å². The van der Waals surface area contributed by atoms with Crippen LogP contribution in [0.3, 0.4) is 0 Å². The predicted molar refractivity (Wildman–Crippen MR) is 119 cm³/mol. The van der Waals surface area contributed by atoms with E-state index in [4.69, 9.17) is 4.74 Å². The number of hydrogen-bond acceptors (Lipinski definition) is 4. The number of carbonyl (C=O) groups is 1. The molecule has 6 nitrogen and oxygen atoms in total. The molecule has 0 radical (unpaired) electrons. The van der Waals surface area contributed by atoms with Crippen LogP contribution in [0.4, 0.5) is 11.4 Å². The number of benzene rings is 2. The smallest absolute Gasteiger partial charge is 0.255 e. The van der Waals surface area contributed by atoms with Gasteiger partial charge >= 0.3 is 0 Å². The largest absolute Gasteiger partial charge is 0.490 e. The lowest BCUT2D eigenvalue weighted by atomic mass is 10.1. The zero-order chi connectivity index (χ0) is 21.1. The van der Waals surface area contributed by atoms with Crippen molar-refractivity contribution in [3.05, 3.63) is 53.6 Å². The van der Waals surface area contributed by atoms with Crippen molar-refractivity contribution in [1.29, 1.82) is 0 Å². The van der Waals surface area contributed by atoms with E-state index in [0.29, 0.717) is 36.0 Å². The van der Waals surface area contributed by atoms with Crippen molar-refractivity contribution in [3.63, 3.8) is 0 Å². The number of carbonyl (C=O) groups excluding carboxylic acids is 1. The molecule has 2 aliphatic rings. The summed E-state index contributed by atoms with van der Waals surface area (Å²) in [7, 11) is -3.33. The van der Waals surface area contributed by atoms with Crippen LogP contribution in [0.15, 0.2) is 42.5 Å². The molecule has 1 N–H and O–H groups in total. The van der Waals surface area contributed by atoms with Crippen LogP contribution in [0.2, 0.25) is 0 Å². The van der Waals surface area contributed by atoms with Gasteiger partial charge in [-0.05, 0) is 87.4 Å². The zero-order valence-electron chi connectivity index (χ0n) is 17.3. The Hall–Kier alpha value is -2.54. The molecule has 1 saturated heterocycles. The molecule has 160 valence electrons. The topological polar surface area (TPSA) is 75.7 Å². The molecule has 1 aliphatic heterocycles. The van der Waals surface area contributed by atoms with Crippen molar-refractivity contribution >= 4 is 27.3 Å². The molecule has 0 atom stereocenters. The molecule has 2 aromatic rings. The molecule has 0 spiro atoms. The van der Waals surface area contributed by atoms with E-state index < -0.39 is 10.0 Å². The quantitative estimate of drug-likeness (QED) is 0.761. The number of sulfonamides is 1. The minimum atomic E-state index is -3.33. The number of rotatable bonds is 5. The van der Waals surface area contributed by atoms with Crippen LogP contribution in [0.5, 0.6) is 5.75 Å². The maximum absolute atomic E-state index is 12.8. The average molecular weight is 429 g/mol. The van der Waals surface area contributed by atoms with Crippen LogP contribution in [-0.4, -0.2) is 32.7 Å². The highest BCUT2D eigenvalue weighted by Gasteiger charge is 2.27. The minimum Gasteiger partial charge on any atom is -0.490 e. The van der Waals surface area contributed by atoms with Crippen molar-refractivity contribution in [2.75, 3.05) is 21.9 Å². The Bertz CT molecular complexity index is 1010. The lowest BCUT2D eigenvalue weighted by Gasteiger charge is -2.29. The summed E-state index contributed by atoms with van der Waals surface area (Å²) in [6.45, 7) is 2.32. The van der Waals surface area contributed by atoms with Crippen molar-refractivity contribution < 1.29 is 17.9 Å². The fourth-order valence-electron chi connectivity index (χ4n) is 4.10. The van der Waals surface area contributed by atoms with Crippen molar-refractivity contribution in [3.8, 4) is 5.75 Å². The van der Waals surface area contributed by atoms with Crippen LogP contribution in [0.1, 0.15) is 54.4 Å². The maximum Gasteiger partial charge on any atom is 0.255 e. The summed E-state index contributed by atoms with van der Waals surface area (Å²) in [6.07, 6.45) is 6.43. The number of aryl methyl sites for hydroxylation is 1. The van der Waals surface area contributed by atoms with E-state index in [0.717, 1.165) is 30.6 Å². The molecule has 4 rings (SSSR count). The number of nitrogens with one attached hydrogen (secondary N) is 1. The molecule has 1 amide bonds. The molecule has 2 fully saturated rings. The third kappa shape index (κ3) is 4.61. The molecular weight excluding hydrogens is 400 g/mol. The second kappa shape index (κ2) is 8.68. The number of anilines is 2. The van der Waals surface area contributed by atoms with Gasteiger partial charge in [0.05, 0.1) is 17.5 Å². The van der Waals surface area contributed by atoms with Gasteiger partial charge in [-0.25, -0.2) is 8.42 Å². The summed E-state index contributed by atoms with van der Waals surface area (Å²) in [5.74, 6) is 0.695. The van der Waals surface area contributed by atoms with E-state index in [-0.39, 0.29) is 11.7 Å². The Morgan fingerprint density at radius 3 is 2.47 bits per heavy atom. The van der Waals surface area contributed by atoms with Gasteiger partial charge in [0, 0.05) is 17.8 Å².